The molecule has 0 saturated heterocycles. The normalized spacial score (nSPS) is 16.9. The second-order valence-electron chi connectivity index (χ2n) is 6.85. The van der Waals surface area contributed by atoms with Gasteiger partial charge >= 0.3 is 5.97 Å². The van der Waals surface area contributed by atoms with Crippen LogP contribution in [-0.2, 0) is 9.53 Å². The van der Waals surface area contributed by atoms with Crippen molar-refractivity contribution in [1.82, 2.24) is 15.0 Å². The molecule has 0 saturated carbocycles. The molecule has 1 amide bonds. The molecule has 0 aliphatic carbocycles. The molecule has 0 bridgehead atoms. The van der Waals surface area contributed by atoms with Gasteiger partial charge in [-0.1, -0.05) is 5.16 Å². The summed E-state index contributed by atoms with van der Waals surface area (Å²) >= 11 is 0. The molecule has 25 heavy (non-hydrogen) atoms. The number of aromatic nitrogens is 2. The van der Waals surface area contributed by atoms with E-state index in [2.05, 4.69) is 10.1 Å². The van der Waals surface area contributed by atoms with Gasteiger partial charge < -0.3 is 14.2 Å². The summed E-state index contributed by atoms with van der Waals surface area (Å²) in [5, 5.41) is 3.76. The second-order valence-corrected chi connectivity index (χ2v) is 6.85. The van der Waals surface area contributed by atoms with Gasteiger partial charge in [0.05, 0.1) is 12.6 Å². The number of esters is 1. The van der Waals surface area contributed by atoms with Gasteiger partial charge in [0, 0.05) is 24.4 Å². The minimum Gasteiger partial charge on any atom is -0.460 e. The predicted octanol–water partition coefficient (Wildman–Crippen LogP) is 2.73. The van der Waals surface area contributed by atoms with Crippen LogP contribution < -0.4 is 0 Å². The Hall–Kier alpha value is -2.77. The van der Waals surface area contributed by atoms with Crippen LogP contribution in [0, 0.1) is 5.95 Å². The number of carbonyl (C=O) groups excluding carboxylic acids is 2. The second kappa shape index (κ2) is 5.94. The number of ether oxygens (including phenoxy) is 1. The molecular weight excluding hydrogens is 329 g/mol. The molecule has 2 aromatic heterocycles. The first kappa shape index (κ1) is 17.1. The highest BCUT2D eigenvalue weighted by atomic mass is 19.1. The molecule has 3 rings (SSSR count). The number of hydrogen-bond acceptors (Lipinski definition) is 6. The highest BCUT2D eigenvalue weighted by Gasteiger charge is 2.38. The molecule has 132 valence electrons. The van der Waals surface area contributed by atoms with E-state index in [4.69, 9.17) is 9.26 Å². The zero-order valence-electron chi connectivity index (χ0n) is 14.4. The number of fused-ring (bicyclic) bond motifs is 3. The fourth-order valence-electron chi connectivity index (χ4n) is 2.82. The fraction of sp³-hybridized carbons (Fsp3) is 0.412. The number of hydrogen-bond donors (Lipinski definition) is 0. The van der Waals surface area contributed by atoms with E-state index in [0.29, 0.717) is 16.9 Å². The Morgan fingerprint density at radius 2 is 2.12 bits per heavy atom. The first-order valence-corrected chi connectivity index (χ1v) is 7.77. The summed E-state index contributed by atoms with van der Waals surface area (Å²) in [6.07, 6.45) is 2.54. The summed E-state index contributed by atoms with van der Waals surface area (Å²) in [7, 11) is 1.48. The zero-order valence-corrected chi connectivity index (χ0v) is 14.4. The average molecular weight is 347 g/mol. The van der Waals surface area contributed by atoms with E-state index in [0.717, 1.165) is 0 Å². The third kappa shape index (κ3) is 3.11. The van der Waals surface area contributed by atoms with Gasteiger partial charge in [-0.15, -0.1) is 0 Å². The third-order valence-corrected chi connectivity index (χ3v) is 3.88. The molecule has 1 atom stereocenters. The van der Waals surface area contributed by atoms with Crippen molar-refractivity contribution in [3.63, 3.8) is 0 Å². The highest BCUT2D eigenvalue weighted by molar-refractivity contribution is 6.02. The fourth-order valence-corrected chi connectivity index (χ4v) is 2.82. The molecule has 0 radical (unpaired) electrons. The zero-order chi connectivity index (χ0) is 18.4. The van der Waals surface area contributed by atoms with Gasteiger partial charge in [0.25, 0.3) is 5.91 Å². The van der Waals surface area contributed by atoms with Crippen LogP contribution in [0.4, 0.5) is 4.39 Å². The van der Waals surface area contributed by atoms with Crippen LogP contribution in [-0.4, -0.2) is 39.6 Å². The monoisotopic (exact) mass is 347 g/mol. The lowest BCUT2D eigenvalue weighted by Gasteiger charge is -2.26. The largest absolute Gasteiger partial charge is 0.460 e. The molecule has 1 aliphatic rings. The molecule has 0 unspecified atom stereocenters. The predicted molar refractivity (Wildman–Crippen MR) is 85.0 cm³/mol. The minimum absolute atomic E-state index is 0.134. The Morgan fingerprint density at radius 3 is 2.80 bits per heavy atom. The summed E-state index contributed by atoms with van der Waals surface area (Å²) < 4.78 is 24.8. The standard InChI is InChI=1S/C17H18FN3O4/c1-17(2,3)24-12(22)7-11-14-10(8-20-25-14)9-5-6-19-15(18)13(9)16(23)21(11)4/h5-6,8,11H,7H2,1-4H3/t11-/m0/s1. The Morgan fingerprint density at radius 1 is 1.40 bits per heavy atom. The lowest BCUT2D eigenvalue weighted by atomic mass is 10.0. The van der Waals surface area contributed by atoms with Crippen molar-refractivity contribution in [3.05, 3.63) is 35.7 Å². The number of rotatable bonds is 2. The van der Waals surface area contributed by atoms with Crippen molar-refractivity contribution in [3.8, 4) is 11.1 Å². The summed E-state index contributed by atoms with van der Waals surface area (Å²) in [6.45, 7) is 5.26. The van der Waals surface area contributed by atoms with Crippen molar-refractivity contribution >= 4 is 11.9 Å². The molecule has 0 fully saturated rings. The van der Waals surface area contributed by atoms with Crippen molar-refractivity contribution in [2.45, 2.75) is 38.8 Å². The van der Waals surface area contributed by atoms with E-state index < -0.39 is 29.5 Å². The van der Waals surface area contributed by atoms with E-state index in [1.165, 1.54) is 30.4 Å². The van der Waals surface area contributed by atoms with Crippen LogP contribution in [0.5, 0.6) is 0 Å². The molecule has 2 aromatic rings. The van der Waals surface area contributed by atoms with E-state index in [1.807, 2.05) is 0 Å². The molecule has 0 spiro atoms. The van der Waals surface area contributed by atoms with Crippen LogP contribution in [0.2, 0.25) is 0 Å². The molecule has 1 aliphatic heterocycles. The minimum atomic E-state index is -0.876. The van der Waals surface area contributed by atoms with Gasteiger partial charge in [0.2, 0.25) is 5.95 Å². The average Bonchev–Trinajstić information content (AvgIpc) is 2.95. The maximum atomic E-state index is 14.2. The number of halogens is 1. The van der Waals surface area contributed by atoms with E-state index in [1.54, 1.807) is 20.8 Å². The van der Waals surface area contributed by atoms with Gasteiger partial charge in [0.15, 0.2) is 5.76 Å². The summed E-state index contributed by atoms with van der Waals surface area (Å²) in [4.78, 5) is 29.8. The van der Waals surface area contributed by atoms with Crippen LogP contribution in [0.3, 0.4) is 0 Å². The van der Waals surface area contributed by atoms with Crippen molar-refractivity contribution in [2.24, 2.45) is 0 Å². The van der Waals surface area contributed by atoms with Gasteiger partial charge in [0.1, 0.15) is 17.2 Å². The lowest BCUT2D eigenvalue weighted by molar-refractivity contribution is -0.156. The van der Waals surface area contributed by atoms with Gasteiger partial charge in [-0.2, -0.15) is 4.39 Å². The summed E-state index contributed by atoms with van der Waals surface area (Å²) in [5.41, 5.74) is -0.0239. The molecule has 0 aromatic carbocycles. The topological polar surface area (TPSA) is 85.5 Å². The Labute approximate surface area is 143 Å². The van der Waals surface area contributed by atoms with Crippen molar-refractivity contribution < 1.29 is 23.2 Å². The number of nitrogens with zero attached hydrogens (tertiary/aromatic N) is 3. The van der Waals surface area contributed by atoms with Gasteiger partial charge in [-0.3, -0.25) is 9.59 Å². The van der Waals surface area contributed by atoms with Crippen LogP contribution >= 0.6 is 0 Å². The maximum Gasteiger partial charge on any atom is 0.308 e. The van der Waals surface area contributed by atoms with Gasteiger partial charge in [-0.05, 0) is 26.8 Å². The van der Waals surface area contributed by atoms with Crippen LogP contribution in [0.15, 0.2) is 23.0 Å². The SMILES string of the molecule is CN1C(=O)c2c(ccnc2F)-c2cnoc2[C@@H]1CC(=O)OC(C)(C)C. The Bertz CT molecular complexity index is 841. The van der Waals surface area contributed by atoms with Crippen LogP contribution in [0.1, 0.15) is 49.4 Å². The molecule has 7 nitrogen and oxygen atoms in total. The van der Waals surface area contributed by atoms with E-state index in [-0.39, 0.29) is 12.0 Å². The first-order valence-electron chi connectivity index (χ1n) is 7.77. The molecular formula is C17H18FN3O4. The maximum absolute atomic E-state index is 14.2. The number of pyridine rings is 1. The number of carbonyl (C=O) groups is 2. The molecule has 8 heteroatoms. The van der Waals surface area contributed by atoms with E-state index in [9.17, 15) is 14.0 Å². The molecule has 0 N–H and O–H groups in total. The molecule has 3 heterocycles. The smallest absolute Gasteiger partial charge is 0.308 e. The summed E-state index contributed by atoms with van der Waals surface area (Å²) in [6, 6.07) is 0.766. The number of amides is 1. The van der Waals surface area contributed by atoms with Gasteiger partial charge in [-0.25, -0.2) is 4.98 Å². The van der Waals surface area contributed by atoms with Crippen molar-refractivity contribution in [2.75, 3.05) is 7.05 Å². The lowest BCUT2D eigenvalue weighted by Crippen LogP contribution is -2.34. The Kier molecular flexibility index (Phi) is 4.06. The first-order chi connectivity index (χ1) is 11.7. The van der Waals surface area contributed by atoms with Crippen molar-refractivity contribution in [1.29, 1.82) is 0 Å². The highest BCUT2D eigenvalue weighted by Crippen LogP contribution is 2.39. The van der Waals surface area contributed by atoms with E-state index >= 15 is 0 Å². The quantitative estimate of drug-likeness (QED) is 0.613. The summed E-state index contributed by atoms with van der Waals surface area (Å²) in [5.74, 6) is -1.64. The Balaban J connectivity index is 2.05. The van der Waals surface area contributed by atoms with Crippen LogP contribution in [0.25, 0.3) is 11.1 Å². The third-order valence-electron chi connectivity index (χ3n) is 3.88.